The molecule has 0 aliphatic heterocycles. The Labute approximate surface area is 142 Å². The van der Waals surface area contributed by atoms with Gasteiger partial charge in [0, 0.05) is 17.1 Å². The fourth-order valence-corrected chi connectivity index (χ4v) is 3.12. The van der Waals surface area contributed by atoms with Gasteiger partial charge in [0.1, 0.15) is 6.04 Å². The first-order chi connectivity index (χ1) is 11.0. The van der Waals surface area contributed by atoms with Crippen LogP contribution in [0.4, 0.5) is 5.69 Å². The number of nitrogens with zero attached hydrogens (tertiary/aromatic N) is 1. The first kappa shape index (κ1) is 17.3. The van der Waals surface area contributed by atoms with Gasteiger partial charge in [-0.05, 0) is 55.5 Å². The third kappa shape index (κ3) is 4.70. The predicted octanol–water partition coefficient (Wildman–Crippen LogP) is 4.38. The van der Waals surface area contributed by atoms with E-state index in [1.807, 2.05) is 29.3 Å². The second-order valence-electron chi connectivity index (χ2n) is 5.75. The van der Waals surface area contributed by atoms with Gasteiger partial charge in [-0.2, -0.15) is 0 Å². The lowest BCUT2D eigenvalue weighted by molar-refractivity contribution is -0.131. The largest absolute Gasteiger partial charge is 0.374 e. The van der Waals surface area contributed by atoms with Crippen LogP contribution in [0.5, 0.6) is 0 Å². The van der Waals surface area contributed by atoms with Crippen molar-refractivity contribution in [3.63, 3.8) is 0 Å². The quantitative estimate of drug-likeness (QED) is 0.765. The molecule has 1 aromatic heterocycles. The van der Waals surface area contributed by atoms with Gasteiger partial charge in [-0.3, -0.25) is 4.79 Å². The van der Waals surface area contributed by atoms with Crippen molar-refractivity contribution in [2.75, 3.05) is 11.9 Å². The van der Waals surface area contributed by atoms with Crippen molar-refractivity contribution < 1.29 is 4.79 Å². The summed E-state index contributed by atoms with van der Waals surface area (Å²) in [6, 6.07) is 9.95. The van der Waals surface area contributed by atoms with E-state index in [1.165, 1.54) is 16.0 Å². The van der Waals surface area contributed by atoms with E-state index in [1.54, 1.807) is 17.4 Å². The Balaban J connectivity index is 2.05. The fourth-order valence-electron chi connectivity index (χ4n) is 2.40. The normalized spacial score (nSPS) is 11.8. The van der Waals surface area contributed by atoms with E-state index in [9.17, 15) is 4.79 Å². The molecule has 0 aliphatic rings. The summed E-state index contributed by atoms with van der Waals surface area (Å²) in [5.74, 6) is 0.0801. The Morgan fingerprint density at radius 2 is 2.13 bits per heavy atom. The number of rotatable bonds is 7. The van der Waals surface area contributed by atoms with Crippen LogP contribution in [0.2, 0.25) is 0 Å². The van der Waals surface area contributed by atoms with Gasteiger partial charge in [0.25, 0.3) is 0 Å². The zero-order valence-electron chi connectivity index (χ0n) is 14.0. The van der Waals surface area contributed by atoms with Crippen LogP contribution in [0.15, 0.2) is 48.4 Å². The third-order valence-electron chi connectivity index (χ3n) is 3.85. The molecular weight excluding hydrogens is 304 g/mol. The van der Waals surface area contributed by atoms with E-state index in [4.69, 9.17) is 0 Å². The van der Waals surface area contributed by atoms with Crippen molar-refractivity contribution >= 4 is 22.9 Å². The maximum Gasteiger partial charge on any atom is 0.245 e. The van der Waals surface area contributed by atoms with Crippen LogP contribution in [-0.2, 0) is 11.3 Å². The lowest BCUT2D eigenvalue weighted by Crippen LogP contribution is -2.41. The zero-order valence-corrected chi connectivity index (χ0v) is 14.8. The summed E-state index contributed by atoms with van der Waals surface area (Å²) in [5, 5.41) is 5.34. The van der Waals surface area contributed by atoms with Crippen LogP contribution in [-0.4, -0.2) is 23.4 Å². The molecule has 2 rings (SSSR count). The fraction of sp³-hybridized carbons (Fsp3) is 0.316. The van der Waals surface area contributed by atoms with E-state index < -0.39 is 0 Å². The second-order valence-corrected chi connectivity index (χ2v) is 6.78. The molecule has 1 amide bonds. The average Bonchev–Trinajstić information content (AvgIpc) is 3.03. The first-order valence-corrected chi connectivity index (χ1v) is 8.65. The molecule has 0 radical (unpaired) electrons. The van der Waals surface area contributed by atoms with Crippen LogP contribution in [0.3, 0.4) is 0 Å². The zero-order chi connectivity index (χ0) is 16.8. The molecule has 1 atom stereocenters. The number of hydrogen-bond donors (Lipinski definition) is 1. The SMILES string of the molecule is C=CCN(Cc1cccs1)C(=O)C(C)Nc1ccc(C)c(C)c1. The standard InChI is InChI=1S/C19H24N2OS/c1-5-10-21(13-18-7-6-11-23-18)19(22)16(4)20-17-9-8-14(2)15(3)12-17/h5-9,11-12,16,20H,1,10,13H2,2-4H3. The lowest BCUT2D eigenvalue weighted by Gasteiger charge is -2.25. The maximum atomic E-state index is 12.7. The number of carbonyl (C=O) groups is 1. The van der Waals surface area contributed by atoms with Crippen molar-refractivity contribution in [2.45, 2.75) is 33.4 Å². The summed E-state index contributed by atoms with van der Waals surface area (Å²) in [4.78, 5) is 15.7. The molecule has 1 heterocycles. The highest BCUT2D eigenvalue weighted by Crippen LogP contribution is 2.17. The van der Waals surface area contributed by atoms with Gasteiger partial charge in [0.05, 0.1) is 6.54 Å². The lowest BCUT2D eigenvalue weighted by atomic mass is 10.1. The highest BCUT2D eigenvalue weighted by molar-refractivity contribution is 7.09. The molecule has 0 spiro atoms. The number of nitrogens with one attached hydrogen (secondary N) is 1. The minimum atomic E-state index is -0.281. The van der Waals surface area contributed by atoms with Crippen LogP contribution < -0.4 is 5.32 Å². The average molecular weight is 328 g/mol. The highest BCUT2D eigenvalue weighted by Gasteiger charge is 2.20. The summed E-state index contributed by atoms with van der Waals surface area (Å²) in [5.41, 5.74) is 3.44. The first-order valence-electron chi connectivity index (χ1n) is 7.77. The number of thiophene rings is 1. The topological polar surface area (TPSA) is 32.3 Å². The van der Waals surface area contributed by atoms with E-state index in [2.05, 4.69) is 43.9 Å². The smallest absolute Gasteiger partial charge is 0.245 e. The summed E-state index contributed by atoms with van der Waals surface area (Å²) >= 11 is 1.67. The van der Waals surface area contributed by atoms with Gasteiger partial charge in [-0.1, -0.05) is 18.2 Å². The molecule has 2 aromatic rings. The Kier molecular flexibility index (Phi) is 5.99. The third-order valence-corrected chi connectivity index (χ3v) is 4.71. The van der Waals surface area contributed by atoms with Gasteiger partial charge < -0.3 is 10.2 Å². The molecule has 1 N–H and O–H groups in total. The number of hydrogen-bond acceptors (Lipinski definition) is 3. The Morgan fingerprint density at radius 3 is 2.74 bits per heavy atom. The molecule has 1 aromatic carbocycles. The van der Waals surface area contributed by atoms with Crippen molar-refractivity contribution in [3.05, 3.63) is 64.4 Å². The predicted molar refractivity (Wildman–Crippen MR) is 98.9 cm³/mol. The van der Waals surface area contributed by atoms with Crippen molar-refractivity contribution in [1.82, 2.24) is 4.90 Å². The van der Waals surface area contributed by atoms with Crippen molar-refractivity contribution in [3.8, 4) is 0 Å². The summed E-state index contributed by atoms with van der Waals surface area (Å²) in [6.45, 7) is 11.0. The maximum absolute atomic E-state index is 12.7. The Hall–Kier alpha value is -2.07. The highest BCUT2D eigenvalue weighted by atomic mass is 32.1. The van der Waals surface area contributed by atoms with Crippen LogP contribution in [0, 0.1) is 13.8 Å². The molecule has 0 bridgehead atoms. The monoisotopic (exact) mass is 328 g/mol. The Morgan fingerprint density at radius 1 is 1.35 bits per heavy atom. The second kappa shape index (κ2) is 7.97. The molecule has 23 heavy (non-hydrogen) atoms. The van der Waals surface area contributed by atoms with Gasteiger partial charge in [0.2, 0.25) is 5.91 Å². The molecule has 0 aliphatic carbocycles. The molecule has 3 nitrogen and oxygen atoms in total. The van der Waals surface area contributed by atoms with Crippen molar-refractivity contribution in [1.29, 1.82) is 0 Å². The van der Waals surface area contributed by atoms with Gasteiger partial charge in [0.15, 0.2) is 0 Å². The number of benzene rings is 1. The van der Waals surface area contributed by atoms with E-state index >= 15 is 0 Å². The van der Waals surface area contributed by atoms with Gasteiger partial charge in [-0.15, -0.1) is 17.9 Å². The van der Waals surface area contributed by atoms with Crippen molar-refractivity contribution in [2.24, 2.45) is 0 Å². The van der Waals surface area contributed by atoms with Crippen LogP contribution >= 0.6 is 11.3 Å². The van der Waals surface area contributed by atoms with Gasteiger partial charge in [-0.25, -0.2) is 0 Å². The number of anilines is 1. The van der Waals surface area contributed by atoms with Crippen LogP contribution in [0.1, 0.15) is 22.9 Å². The molecule has 4 heteroatoms. The number of aryl methyl sites for hydroxylation is 2. The van der Waals surface area contributed by atoms with E-state index in [-0.39, 0.29) is 11.9 Å². The molecule has 0 saturated carbocycles. The van der Waals surface area contributed by atoms with E-state index in [0.717, 1.165) is 5.69 Å². The van der Waals surface area contributed by atoms with E-state index in [0.29, 0.717) is 13.1 Å². The molecule has 1 unspecified atom stereocenters. The Bertz CT molecular complexity index is 664. The molecule has 0 fully saturated rings. The van der Waals surface area contributed by atoms with Crippen LogP contribution in [0.25, 0.3) is 0 Å². The summed E-state index contributed by atoms with van der Waals surface area (Å²) < 4.78 is 0. The van der Waals surface area contributed by atoms with Gasteiger partial charge >= 0.3 is 0 Å². The summed E-state index contributed by atoms with van der Waals surface area (Å²) in [7, 11) is 0. The minimum absolute atomic E-state index is 0.0801. The summed E-state index contributed by atoms with van der Waals surface area (Å²) in [6.07, 6.45) is 1.77. The molecule has 0 saturated heterocycles. The molecule has 122 valence electrons. The molecular formula is C19H24N2OS. The number of carbonyl (C=O) groups excluding carboxylic acids is 1. The number of amides is 1. The minimum Gasteiger partial charge on any atom is -0.374 e.